The summed E-state index contributed by atoms with van der Waals surface area (Å²) in [6, 6.07) is 10.2. The molecule has 0 N–H and O–H groups in total. The van der Waals surface area contributed by atoms with Crippen molar-refractivity contribution in [1.29, 1.82) is 0 Å². The minimum absolute atomic E-state index is 0.232. The first-order valence-electron chi connectivity index (χ1n) is 7.80. The van der Waals surface area contributed by atoms with Gasteiger partial charge in [-0.2, -0.15) is 5.10 Å². The Balaban J connectivity index is 1.72. The molecule has 2 heterocycles. The zero-order chi connectivity index (χ0) is 17.1. The third kappa shape index (κ3) is 3.24. The fourth-order valence-corrected chi connectivity index (χ4v) is 2.53. The van der Waals surface area contributed by atoms with Crippen molar-refractivity contribution in [3.8, 4) is 11.5 Å². The van der Waals surface area contributed by atoms with E-state index in [0.29, 0.717) is 31.2 Å². The predicted molar refractivity (Wildman–Crippen MR) is 87.4 cm³/mol. The van der Waals surface area contributed by atoms with Gasteiger partial charge in [0.2, 0.25) is 0 Å². The summed E-state index contributed by atoms with van der Waals surface area (Å²) < 4.78 is 12.7. The average Bonchev–Trinajstić information content (AvgIpc) is 2.61. The first-order valence-corrected chi connectivity index (χ1v) is 7.80. The van der Waals surface area contributed by atoms with Crippen LogP contribution in [0.4, 0.5) is 0 Å². The average molecular weight is 329 g/mol. The molecule has 1 aliphatic heterocycles. The molecule has 0 aliphatic carbocycles. The maximum absolute atomic E-state index is 12.6. The summed E-state index contributed by atoms with van der Waals surface area (Å²) in [5.74, 6) is 1.15. The monoisotopic (exact) mass is 329 g/mol. The molecule has 0 bridgehead atoms. The number of nitrogens with zero attached hydrogens (tertiary/aromatic N) is 3. The van der Waals surface area contributed by atoms with Crippen LogP contribution in [0.15, 0.2) is 41.2 Å². The van der Waals surface area contributed by atoms with Gasteiger partial charge in [-0.25, -0.2) is 4.68 Å². The largest absolute Gasteiger partial charge is 0.486 e. The van der Waals surface area contributed by atoms with Crippen LogP contribution in [0.5, 0.6) is 11.5 Å². The van der Waals surface area contributed by atoms with E-state index in [9.17, 15) is 9.59 Å². The number of rotatable bonds is 4. The second kappa shape index (κ2) is 6.74. The molecule has 1 unspecified atom stereocenters. The van der Waals surface area contributed by atoms with E-state index < -0.39 is 0 Å². The fourth-order valence-electron chi connectivity index (χ4n) is 2.53. The highest BCUT2D eigenvalue weighted by molar-refractivity contribution is 5.92. The van der Waals surface area contributed by atoms with Crippen molar-refractivity contribution in [2.75, 3.05) is 19.7 Å². The molecule has 0 spiro atoms. The number of aryl methyl sites for hydroxylation is 1. The number of fused-ring (bicyclic) bond motifs is 1. The first kappa shape index (κ1) is 16.0. The van der Waals surface area contributed by atoms with Gasteiger partial charge in [-0.3, -0.25) is 9.59 Å². The second-order valence-corrected chi connectivity index (χ2v) is 5.52. The van der Waals surface area contributed by atoms with E-state index in [2.05, 4.69) is 5.10 Å². The molecule has 126 valence electrons. The molecule has 1 aromatic carbocycles. The highest BCUT2D eigenvalue weighted by atomic mass is 16.6. The van der Waals surface area contributed by atoms with E-state index in [1.54, 1.807) is 4.90 Å². The topological polar surface area (TPSA) is 73.7 Å². The third-order valence-corrected chi connectivity index (χ3v) is 3.84. The van der Waals surface area contributed by atoms with E-state index in [4.69, 9.17) is 9.47 Å². The summed E-state index contributed by atoms with van der Waals surface area (Å²) in [4.78, 5) is 25.7. The molecule has 3 rings (SSSR count). The van der Waals surface area contributed by atoms with E-state index in [1.165, 1.54) is 19.2 Å². The van der Waals surface area contributed by atoms with Gasteiger partial charge >= 0.3 is 0 Å². The molecule has 0 saturated carbocycles. The van der Waals surface area contributed by atoms with Crippen LogP contribution in [-0.4, -0.2) is 46.4 Å². The number of carbonyl (C=O) groups excluding carboxylic acids is 1. The summed E-state index contributed by atoms with van der Waals surface area (Å²) in [5, 5.41) is 4.01. The van der Waals surface area contributed by atoms with Crippen molar-refractivity contribution in [3.05, 3.63) is 52.4 Å². The van der Waals surface area contributed by atoms with E-state index >= 15 is 0 Å². The number of carbonyl (C=O) groups is 1. The van der Waals surface area contributed by atoms with Gasteiger partial charge in [0, 0.05) is 19.7 Å². The summed E-state index contributed by atoms with van der Waals surface area (Å²) in [6.07, 6.45) is -0.253. The number of likely N-dealkylation sites (N-methyl/N-ethyl adjacent to an activating group) is 1. The highest BCUT2D eigenvalue weighted by Gasteiger charge is 2.26. The molecular formula is C17H19N3O4. The summed E-state index contributed by atoms with van der Waals surface area (Å²) >= 11 is 0. The lowest BCUT2D eigenvalue weighted by molar-refractivity contribution is 0.0469. The van der Waals surface area contributed by atoms with E-state index in [1.807, 2.05) is 31.2 Å². The number of para-hydroxylation sites is 2. The number of benzene rings is 1. The summed E-state index contributed by atoms with van der Waals surface area (Å²) in [6.45, 7) is 3.15. The van der Waals surface area contributed by atoms with Crippen molar-refractivity contribution >= 4 is 5.91 Å². The number of hydrogen-bond donors (Lipinski definition) is 0. The van der Waals surface area contributed by atoms with E-state index in [-0.39, 0.29) is 23.3 Å². The number of amides is 1. The lowest BCUT2D eigenvalue weighted by atomic mass is 10.2. The quantitative estimate of drug-likeness (QED) is 0.839. The summed E-state index contributed by atoms with van der Waals surface area (Å²) in [7, 11) is 1.52. The van der Waals surface area contributed by atoms with Crippen LogP contribution in [0.1, 0.15) is 17.4 Å². The van der Waals surface area contributed by atoms with Crippen LogP contribution in [-0.2, 0) is 7.05 Å². The maximum Gasteiger partial charge on any atom is 0.274 e. The molecule has 0 fully saturated rings. The molecule has 1 aromatic heterocycles. The highest BCUT2D eigenvalue weighted by Crippen LogP contribution is 2.31. The lowest BCUT2D eigenvalue weighted by Gasteiger charge is -2.30. The first-order chi connectivity index (χ1) is 11.6. The van der Waals surface area contributed by atoms with Crippen molar-refractivity contribution in [2.24, 2.45) is 7.05 Å². The SMILES string of the molecule is CCN(CC1COc2ccccc2O1)C(=O)c1ccc(=O)n(C)n1. The molecule has 7 nitrogen and oxygen atoms in total. The summed E-state index contributed by atoms with van der Waals surface area (Å²) in [5.41, 5.74) is -0.0219. The normalized spacial score (nSPS) is 15.8. The minimum Gasteiger partial charge on any atom is -0.486 e. The second-order valence-electron chi connectivity index (χ2n) is 5.52. The minimum atomic E-state index is -0.254. The van der Waals surface area contributed by atoms with Gasteiger partial charge < -0.3 is 14.4 Å². The Bertz CT molecular complexity index is 802. The molecule has 2 aromatic rings. The van der Waals surface area contributed by atoms with E-state index in [0.717, 1.165) is 4.68 Å². The molecule has 1 aliphatic rings. The number of ether oxygens (including phenoxy) is 2. The van der Waals surface area contributed by atoms with Gasteiger partial charge in [-0.1, -0.05) is 12.1 Å². The molecular weight excluding hydrogens is 310 g/mol. The Labute approximate surface area is 139 Å². The Hall–Kier alpha value is -2.83. The predicted octanol–water partition coefficient (Wildman–Crippen LogP) is 1.08. The van der Waals surface area contributed by atoms with Crippen LogP contribution in [0.3, 0.4) is 0 Å². The third-order valence-electron chi connectivity index (χ3n) is 3.84. The van der Waals surface area contributed by atoms with Gasteiger partial charge in [0.05, 0.1) is 6.54 Å². The Kier molecular flexibility index (Phi) is 4.50. The zero-order valence-electron chi connectivity index (χ0n) is 13.6. The standard InChI is InChI=1S/C17H19N3O4/c1-3-20(17(22)13-8-9-16(21)19(2)18-13)10-12-11-23-14-6-4-5-7-15(14)24-12/h4-9,12H,3,10-11H2,1-2H3. The molecule has 1 atom stereocenters. The van der Waals surface area contributed by atoms with Gasteiger partial charge in [0.1, 0.15) is 12.3 Å². The lowest BCUT2D eigenvalue weighted by Crippen LogP contribution is -2.44. The Morgan fingerprint density at radius 3 is 2.75 bits per heavy atom. The van der Waals surface area contributed by atoms with Crippen molar-refractivity contribution in [3.63, 3.8) is 0 Å². The Morgan fingerprint density at radius 2 is 2.04 bits per heavy atom. The van der Waals surface area contributed by atoms with Crippen LogP contribution < -0.4 is 15.0 Å². The number of aromatic nitrogens is 2. The van der Waals surface area contributed by atoms with Crippen molar-refractivity contribution in [1.82, 2.24) is 14.7 Å². The van der Waals surface area contributed by atoms with Crippen LogP contribution in [0, 0.1) is 0 Å². The number of hydrogen-bond acceptors (Lipinski definition) is 5. The van der Waals surface area contributed by atoms with Gasteiger partial charge in [0.25, 0.3) is 11.5 Å². The van der Waals surface area contributed by atoms with Crippen LogP contribution >= 0.6 is 0 Å². The molecule has 0 radical (unpaired) electrons. The Morgan fingerprint density at radius 1 is 1.29 bits per heavy atom. The smallest absolute Gasteiger partial charge is 0.274 e. The van der Waals surface area contributed by atoms with Crippen LogP contribution in [0.2, 0.25) is 0 Å². The maximum atomic E-state index is 12.6. The molecule has 0 saturated heterocycles. The molecule has 1 amide bonds. The zero-order valence-corrected chi connectivity index (χ0v) is 13.6. The van der Waals surface area contributed by atoms with Crippen molar-refractivity contribution in [2.45, 2.75) is 13.0 Å². The van der Waals surface area contributed by atoms with Gasteiger partial charge in [-0.15, -0.1) is 0 Å². The van der Waals surface area contributed by atoms with Gasteiger partial charge in [-0.05, 0) is 25.1 Å². The molecule has 7 heteroatoms. The van der Waals surface area contributed by atoms with Crippen molar-refractivity contribution < 1.29 is 14.3 Å². The fraction of sp³-hybridized carbons (Fsp3) is 0.353. The van der Waals surface area contributed by atoms with Crippen LogP contribution in [0.25, 0.3) is 0 Å². The van der Waals surface area contributed by atoms with Gasteiger partial charge in [0.15, 0.2) is 17.6 Å². The molecule has 24 heavy (non-hydrogen) atoms.